The van der Waals surface area contributed by atoms with Crippen LogP contribution in [-0.2, 0) is 11.3 Å². The molecular formula is C14H19BrFN3O. The number of rotatable bonds is 5. The molecule has 6 heteroatoms. The molecule has 3 N–H and O–H groups in total. The highest BCUT2D eigenvalue weighted by atomic mass is 79.9. The summed E-state index contributed by atoms with van der Waals surface area (Å²) in [5, 5.41) is 3.38. The number of amides is 1. The zero-order valence-electron chi connectivity index (χ0n) is 11.2. The Bertz CT molecular complexity index is 475. The molecular weight excluding hydrogens is 325 g/mol. The summed E-state index contributed by atoms with van der Waals surface area (Å²) in [7, 11) is 0. The maximum Gasteiger partial charge on any atom is 0.231 e. The number of primary amides is 1. The van der Waals surface area contributed by atoms with E-state index < -0.39 is 0 Å². The zero-order valence-corrected chi connectivity index (χ0v) is 12.8. The van der Waals surface area contributed by atoms with Crippen LogP contribution < -0.4 is 11.1 Å². The number of carbonyl (C=O) groups is 1. The molecule has 0 spiro atoms. The van der Waals surface area contributed by atoms with E-state index >= 15 is 0 Å². The van der Waals surface area contributed by atoms with Gasteiger partial charge < -0.3 is 11.1 Å². The third-order valence-electron chi connectivity index (χ3n) is 3.56. The summed E-state index contributed by atoms with van der Waals surface area (Å²) in [6, 6.07) is 5.32. The van der Waals surface area contributed by atoms with Gasteiger partial charge in [-0.15, -0.1) is 0 Å². The lowest BCUT2D eigenvalue weighted by Crippen LogP contribution is -2.45. The Labute approximate surface area is 126 Å². The number of nitrogens with zero attached hydrogens (tertiary/aromatic N) is 1. The van der Waals surface area contributed by atoms with Crippen LogP contribution in [0.15, 0.2) is 22.7 Å². The molecule has 1 aliphatic heterocycles. The number of hydrogen-bond donors (Lipinski definition) is 2. The molecule has 0 aliphatic carbocycles. The van der Waals surface area contributed by atoms with Crippen molar-refractivity contribution in [3.05, 3.63) is 34.1 Å². The van der Waals surface area contributed by atoms with Gasteiger partial charge in [-0.05, 0) is 31.0 Å². The average Bonchev–Trinajstić information content (AvgIpc) is 2.41. The van der Waals surface area contributed by atoms with Gasteiger partial charge in [-0.3, -0.25) is 9.69 Å². The normalized spacial score (nSPS) is 17.3. The van der Waals surface area contributed by atoms with E-state index in [1.54, 1.807) is 12.1 Å². The summed E-state index contributed by atoms with van der Waals surface area (Å²) in [5.41, 5.74) is 5.85. The lowest BCUT2D eigenvalue weighted by Gasteiger charge is -2.31. The Balaban J connectivity index is 1.78. The summed E-state index contributed by atoms with van der Waals surface area (Å²) in [5.74, 6) is -0.473. The Morgan fingerprint density at radius 3 is 2.80 bits per heavy atom. The van der Waals surface area contributed by atoms with Gasteiger partial charge in [0.15, 0.2) is 0 Å². The van der Waals surface area contributed by atoms with E-state index in [1.165, 1.54) is 6.07 Å². The third kappa shape index (κ3) is 4.54. The van der Waals surface area contributed by atoms with E-state index in [-0.39, 0.29) is 11.7 Å². The number of carbonyl (C=O) groups excluding carboxylic acids is 1. The number of hydrogen-bond acceptors (Lipinski definition) is 3. The van der Waals surface area contributed by atoms with Crippen LogP contribution in [0.1, 0.15) is 18.4 Å². The van der Waals surface area contributed by atoms with Crippen LogP contribution in [-0.4, -0.2) is 36.5 Å². The molecule has 110 valence electrons. The van der Waals surface area contributed by atoms with Gasteiger partial charge in [-0.1, -0.05) is 15.9 Å². The first-order chi connectivity index (χ1) is 9.54. The molecule has 0 unspecified atom stereocenters. The molecule has 1 amide bonds. The highest BCUT2D eigenvalue weighted by Crippen LogP contribution is 2.16. The van der Waals surface area contributed by atoms with Gasteiger partial charge in [0.1, 0.15) is 5.82 Å². The monoisotopic (exact) mass is 343 g/mol. The van der Waals surface area contributed by atoms with E-state index in [9.17, 15) is 9.18 Å². The lowest BCUT2D eigenvalue weighted by atomic mass is 10.0. The first-order valence-corrected chi connectivity index (χ1v) is 7.52. The van der Waals surface area contributed by atoms with Crippen molar-refractivity contribution >= 4 is 21.8 Å². The molecule has 1 aromatic rings. The summed E-state index contributed by atoms with van der Waals surface area (Å²) >= 11 is 3.35. The van der Waals surface area contributed by atoms with Gasteiger partial charge in [0.25, 0.3) is 0 Å². The summed E-state index contributed by atoms with van der Waals surface area (Å²) in [6.45, 7) is 2.54. The van der Waals surface area contributed by atoms with Crippen molar-refractivity contribution in [2.45, 2.75) is 25.4 Å². The van der Waals surface area contributed by atoms with Crippen LogP contribution in [0, 0.1) is 5.82 Å². The number of nitrogens with two attached hydrogens (primary N) is 1. The van der Waals surface area contributed by atoms with Gasteiger partial charge in [0.05, 0.1) is 6.54 Å². The number of piperidine rings is 1. The van der Waals surface area contributed by atoms with Gasteiger partial charge in [-0.2, -0.15) is 0 Å². The Hall–Kier alpha value is -0.980. The maximum atomic E-state index is 13.6. The van der Waals surface area contributed by atoms with Crippen molar-refractivity contribution in [3.63, 3.8) is 0 Å². The van der Waals surface area contributed by atoms with E-state index in [1.807, 2.05) is 0 Å². The molecule has 0 saturated carbocycles. The van der Waals surface area contributed by atoms with Gasteiger partial charge in [0.2, 0.25) is 5.91 Å². The van der Waals surface area contributed by atoms with E-state index in [2.05, 4.69) is 26.1 Å². The summed E-state index contributed by atoms with van der Waals surface area (Å²) in [4.78, 5) is 12.9. The minimum Gasteiger partial charge on any atom is -0.369 e. The first kappa shape index (κ1) is 15.4. The van der Waals surface area contributed by atoms with Crippen molar-refractivity contribution < 1.29 is 9.18 Å². The van der Waals surface area contributed by atoms with Crippen LogP contribution in [0.25, 0.3) is 0 Å². The highest BCUT2D eigenvalue weighted by Gasteiger charge is 2.19. The topological polar surface area (TPSA) is 58.4 Å². The Morgan fingerprint density at radius 2 is 2.15 bits per heavy atom. The molecule has 2 rings (SSSR count). The number of likely N-dealkylation sites (tertiary alicyclic amines) is 1. The molecule has 1 aliphatic rings. The van der Waals surface area contributed by atoms with Crippen molar-refractivity contribution in [2.24, 2.45) is 5.73 Å². The SMILES string of the molecule is NC(=O)CN1CCC(NCc2cc(Br)ccc2F)CC1. The van der Waals surface area contributed by atoms with E-state index in [0.717, 1.165) is 30.4 Å². The van der Waals surface area contributed by atoms with Gasteiger partial charge in [-0.25, -0.2) is 4.39 Å². The highest BCUT2D eigenvalue weighted by molar-refractivity contribution is 9.10. The molecule has 0 atom stereocenters. The first-order valence-electron chi connectivity index (χ1n) is 6.72. The minimum atomic E-state index is -0.285. The minimum absolute atomic E-state index is 0.188. The average molecular weight is 344 g/mol. The predicted octanol–water partition coefficient (Wildman–Crippen LogP) is 1.63. The molecule has 0 aromatic heterocycles. The Kier molecular flexibility index (Phi) is 5.51. The van der Waals surface area contributed by atoms with E-state index in [0.29, 0.717) is 24.7 Å². The zero-order chi connectivity index (χ0) is 14.5. The van der Waals surface area contributed by atoms with Crippen LogP contribution in [0.4, 0.5) is 4.39 Å². The quantitative estimate of drug-likeness (QED) is 0.854. The fourth-order valence-corrected chi connectivity index (χ4v) is 2.86. The molecule has 1 fully saturated rings. The van der Waals surface area contributed by atoms with Crippen molar-refractivity contribution in [1.29, 1.82) is 0 Å². The van der Waals surface area contributed by atoms with Gasteiger partial charge >= 0.3 is 0 Å². The summed E-state index contributed by atoms with van der Waals surface area (Å²) < 4.78 is 14.5. The molecule has 1 heterocycles. The van der Waals surface area contributed by atoms with Crippen molar-refractivity contribution in [1.82, 2.24) is 10.2 Å². The van der Waals surface area contributed by atoms with Crippen molar-refractivity contribution in [3.8, 4) is 0 Å². The standard InChI is InChI=1S/C14H19BrFN3O/c15-11-1-2-13(16)10(7-11)8-18-12-3-5-19(6-4-12)9-14(17)20/h1-2,7,12,18H,3-6,8-9H2,(H2,17,20). The molecule has 1 aromatic carbocycles. The largest absolute Gasteiger partial charge is 0.369 e. The fourth-order valence-electron chi connectivity index (χ4n) is 2.45. The number of halogens is 2. The smallest absolute Gasteiger partial charge is 0.231 e. The second-order valence-electron chi connectivity index (χ2n) is 5.13. The number of benzene rings is 1. The molecule has 0 radical (unpaired) electrons. The molecule has 4 nitrogen and oxygen atoms in total. The maximum absolute atomic E-state index is 13.6. The van der Waals surface area contributed by atoms with E-state index in [4.69, 9.17) is 5.73 Å². The van der Waals surface area contributed by atoms with Crippen molar-refractivity contribution in [2.75, 3.05) is 19.6 Å². The fraction of sp³-hybridized carbons (Fsp3) is 0.500. The van der Waals surface area contributed by atoms with Gasteiger partial charge in [0, 0.05) is 35.7 Å². The second kappa shape index (κ2) is 7.15. The second-order valence-corrected chi connectivity index (χ2v) is 6.05. The lowest BCUT2D eigenvalue weighted by molar-refractivity contribution is -0.119. The molecule has 1 saturated heterocycles. The van der Waals surface area contributed by atoms with Crippen LogP contribution in [0.2, 0.25) is 0 Å². The number of nitrogens with one attached hydrogen (secondary N) is 1. The third-order valence-corrected chi connectivity index (χ3v) is 4.05. The van der Waals surface area contributed by atoms with Crippen LogP contribution >= 0.6 is 15.9 Å². The Morgan fingerprint density at radius 1 is 1.45 bits per heavy atom. The van der Waals surface area contributed by atoms with Crippen LogP contribution in [0.5, 0.6) is 0 Å². The predicted molar refractivity (Wildman–Crippen MR) is 79.6 cm³/mol. The van der Waals surface area contributed by atoms with Crippen LogP contribution in [0.3, 0.4) is 0 Å². The summed E-state index contributed by atoms with van der Waals surface area (Å²) in [6.07, 6.45) is 1.89. The molecule has 20 heavy (non-hydrogen) atoms. The molecule has 0 bridgehead atoms.